The summed E-state index contributed by atoms with van der Waals surface area (Å²) >= 11 is 5.94. The lowest BCUT2D eigenvalue weighted by Gasteiger charge is -2.04. The molecule has 1 fully saturated rings. The lowest BCUT2D eigenvalue weighted by Crippen LogP contribution is -2.10. The van der Waals surface area contributed by atoms with E-state index >= 15 is 0 Å². The SMILES string of the molecule is COc1ccc2c(c1)c(C1CC1)nn2/C(N)=C(\Cl)C=N. The third kappa shape index (κ3) is 2.04. The van der Waals surface area contributed by atoms with Gasteiger partial charge in [0.25, 0.3) is 0 Å². The molecule has 0 atom stereocenters. The van der Waals surface area contributed by atoms with Gasteiger partial charge in [-0.3, -0.25) is 0 Å². The molecule has 3 N–H and O–H groups in total. The molecule has 1 aromatic heterocycles. The van der Waals surface area contributed by atoms with Gasteiger partial charge in [-0.15, -0.1) is 0 Å². The van der Waals surface area contributed by atoms with E-state index in [-0.39, 0.29) is 10.9 Å². The first-order valence-corrected chi connectivity index (χ1v) is 6.76. The van der Waals surface area contributed by atoms with Crippen LogP contribution in [0.4, 0.5) is 0 Å². The second kappa shape index (κ2) is 4.83. The summed E-state index contributed by atoms with van der Waals surface area (Å²) in [6, 6.07) is 5.74. The number of allylic oxidation sites excluding steroid dienone is 1. The summed E-state index contributed by atoms with van der Waals surface area (Å²) in [5, 5.41) is 13.0. The minimum absolute atomic E-state index is 0.174. The van der Waals surface area contributed by atoms with E-state index in [1.807, 2.05) is 18.2 Å². The first-order valence-electron chi connectivity index (χ1n) is 6.38. The van der Waals surface area contributed by atoms with E-state index in [4.69, 9.17) is 27.5 Å². The highest BCUT2D eigenvalue weighted by atomic mass is 35.5. The Morgan fingerprint density at radius 3 is 2.90 bits per heavy atom. The summed E-state index contributed by atoms with van der Waals surface area (Å²) in [4.78, 5) is 0. The number of fused-ring (bicyclic) bond motifs is 1. The van der Waals surface area contributed by atoms with Gasteiger partial charge in [-0.1, -0.05) is 11.6 Å². The molecule has 6 heteroatoms. The van der Waals surface area contributed by atoms with E-state index in [0.717, 1.165) is 41.4 Å². The molecule has 1 aliphatic carbocycles. The fourth-order valence-corrected chi connectivity index (χ4v) is 2.34. The highest BCUT2D eigenvalue weighted by Crippen LogP contribution is 2.43. The maximum absolute atomic E-state index is 7.21. The van der Waals surface area contributed by atoms with Gasteiger partial charge in [0.2, 0.25) is 0 Å². The average Bonchev–Trinajstić information content (AvgIpc) is 3.26. The normalized spacial score (nSPS) is 16.1. The molecule has 0 aliphatic heterocycles. The van der Waals surface area contributed by atoms with Crippen molar-refractivity contribution in [3.05, 3.63) is 28.9 Å². The molecule has 3 rings (SSSR count). The molecule has 20 heavy (non-hydrogen) atoms. The number of nitrogens with one attached hydrogen (secondary N) is 1. The van der Waals surface area contributed by atoms with Crippen molar-refractivity contribution < 1.29 is 4.74 Å². The predicted molar refractivity (Wildman–Crippen MR) is 80.3 cm³/mol. The van der Waals surface area contributed by atoms with Gasteiger partial charge in [-0.05, 0) is 31.0 Å². The molecule has 1 aliphatic rings. The van der Waals surface area contributed by atoms with Crippen molar-refractivity contribution in [3.8, 4) is 5.75 Å². The number of halogens is 1. The van der Waals surface area contributed by atoms with Crippen LogP contribution in [0.1, 0.15) is 24.5 Å². The average molecular weight is 291 g/mol. The van der Waals surface area contributed by atoms with E-state index in [1.165, 1.54) is 0 Å². The summed E-state index contributed by atoms with van der Waals surface area (Å²) in [6.45, 7) is 0. The summed E-state index contributed by atoms with van der Waals surface area (Å²) in [5.74, 6) is 1.54. The fraction of sp³-hybridized carbons (Fsp3) is 0.286. The van der Waals surface area contributed by atoms with Crippen LogP contribution >= 0.6 is 11.6 Å². The largest absolute Gasteiger partial charge is 0.497 e. The maximum atomic E-state index is 7.21. The van der Waals surface area contributed by atoms with Crippen molar-refractivity contribution in [2.75, 3.05) is 7.11 Å². The second-order valence-corrected chi connectivity index (χ2v) is 5.24. The Kier molecular flexibility index (Phi) is 3.14. The number of rotatable bonds is 4. The molecular formula is C14H15ClN4O. The summed E-state index contributed by atoms with van der Waals surface area (Å²) < 4.78 is 6.88. The van der Waals surface area contributed by atoms with Crippen molar-refractivity contribution in [1.29, 1.82) is 5.41 Å². The minimum Gasteiger partial charge on any atom is -0.497 e. The number of methoxy groups -OCH3 is 1. The van der Waals surface area contributed by atoms with E-state index in [9.17, 15) is 0 Å². The number of aromatic nitrogens is 2. The van der Waals surface area contributed by atoms with Crippen LogP contribution in [0.2, 0.25) is 0 Å². The maximum Gasteiger partial charge on any atom is 0.146 e. The smallest absolute Gasteiger partial charge is 0.146 e. The van der Waals surface area contributed by atoms with E-state index in [1.54, 1.807) is 11.8 Å². The monoisotopic (exact) mass is 290 g/mol. The summed E-state index contributed by atoms with van der Waals surface area (Å²) in [5.41, 5.74) is 7.89. The lowest BCUT2D eigenvalue weighted by atomic mass is 10.1. The fourth-order valence-electron chi connectivity index (χ4n) is 2.26. The molecule has 5 nitrogen and oxygen atoms in total. The molecule has 1 aromatic carbocycles. The van der Waals surface area contributed by atoms with Gasteiger partial charge in [0, 0.05) is 17.5 Å². The van der Waals surface area contributed by atoms with E-state index in [2.05, 4.69) is 5.10 Å². The van der Waals surface area contributed by atoms with Crippen LogP contribution in [0.3, 0.4) is 0 Å². The topological polar surface area (TPSA) is 76.9 Å². The van der Waals surface area contributed by atoms with Gasteiger partial charge in [0.05, 0.1) is 18.3 Å². The van der Waals surface area contributed by atoms with Crippen LogP contribution in [0.5, 0.6) is 5.75 Å². The van der Waals surface area contributed by atoms with Gasteiger partial charge >= 0.3 is 0 Å². The van der Waals surface area contributed by atoms with Crippen LogP contribution in [0, 0.1) is 5.41 Å². The van der Waals surface area contributed by atoms with Gasteiger partial charge in [0.1, 0.15) is 16.6 Å². The molecule has 0 amide bonds. The van der Waals surface area contributed by atoms with E-state index < -0.39 is 0 Å². The minimum atomic E-state index is 0.174. The van der Waals surface area contributed by atoms with Gasteiger partial charge in [-0.25, -0.2) is 4.68 Å². The Labute approximate surface area is 121 Å². The zero-order valence-corrected chi connectivity index (χ0v) is 11.8. The molecule has 0 bridgehead atoms. The number of ether oxygens (including phenoxy) is 1. The van der Waals surface area contributed by atoms with Crippen LogP contribution in [0.15, 0.2) is 23.2 Å². The van der Waals surface area contributed by atoms with Crippen LogP contribution < -0.4 is 10.5 Å². The number of nitrogens with zero attached hydrogens (tertiary/aromatic N) is 2. The summed E-state index contributed by atoms with van der Waals surface area (Å²) in [6.07, 6.45) is 3.31. The van der Waals surface area contributed by atoms with Crippen LogP contribution in [-0.2, 0) is 0 Å². The Hall–Kier alpha value is -2.01. The predicted octanol–water partition coefficient (Wildman–Crippen LogP) is 2.90. The Morgan fingerprint density at radius 1 is 1.55 bits per heavy atom. The Bertz CT molecular complexity index is 715. The summed E-state index contributed by atoms with van der Waals surface area (Å²) in [7, 11) is 1.64. The molecule has 0 radical (unpaired) electrons. The third-order valence-corrected chi connectivity index (χ3v) is 3.78. The second-order valence-electron chi connectivity index (χ2n) is 4.83. The number of hydrogen-bond acceptors (Lipinski definition) is 4. The standard InChI is InChI=1S/C14H15ClN4O/c1-20-9-4-5-12-10(6-9)13(8-2-3-8)18-19(12)14(17)11(15)7-16/h4-8,16H,2-3,17H2,1H3/b14-11-,16-7?. The number of hydrogen-bond donors (Lipinski definition) is 2. The zero-order chi connectivity index (χ0) is 14.3. The van der Waals surface area contributed by atoms with Crippen molar-refractivity contribution in [2.24, 2.45) is 5.73 Å². The molecule has 1 heterocycles. The van der Waals surface area contributed by atoms with Crippen molar-refractivity contribution in [2.45, 2.75) is 18.8 Å². The zero-order valence-electron chi connectivity index (χ0n) is 11.1. The Morgan fingerprint density at radius 2 is 2.30 bits per heavy atom. The highest BCUT2D eigenvalue weighted by molar-refractivity contribution is 6.41. The molecule has 0 unspecified atom stereocenters. The van der Waals surface area contributed by atoms with Crippen molar-refractivity contribution in [3.63, 3.8) is 0 Å². The van der Waals surface area contributed by atoms with Crippen LogP contribution in [0.25, 0.3) is 16.7 Å². The van der Waals surface area contributed by atoms with E-state index in [0.29, 0.717) is 5.92 Å². The Balaban J connectivity index is 2.26. The number of nitrogens with two attached hydrogens (primary N) is 1. The van der Waals surface area contributed by atoms with Crippen molar-refractivity contribution in [1.82, 2.24) is 9.78 Å². The molecule has 104 valence electrons. The molecular weight excluding hydrogens is 276 g/mol. The van der Waals surface area contributed by atoms with Gasteiger partial charge in [0.15, 0.2) is 0 Å². The molecule has 0 spiro atoms. The first-order chi connectivity index (χ1) is 9.65. The lowest BCUT2D eigenvalue weighted by molar-refractivity contribution is 0.415. The number of benzene rings is 1. The first kappa shape index (κ1) is 13.0. The highest BCUT2D eigenvalue weighted by Gasteiger charge is 2.29. The molecule has 0 saturated heterocycles. The quantitative estimate of drug-likeness (QED) is 0.850. The third-order valence-electron chi connectivity index (χ3n) is 3.48. The van der Waals surface area contributed by atoms with Gasteiger partial charge < -0.3 is 15.9 Å². The van der Waals surface area contributed by atoms with Crippen LogP contribution in [-0.4, -0.2) is 23.1 Å². The van der Waals surface area contributed by atoms with Crippen molar-refractivity contribution >= 4 is 34.5 Å². The molecule has 1 saturated carbocycles. The van der Waals surface area contributed by atoms with Gasteiger partial charge in [-0.2, -0.15) is 5.10 Å². The molecule has 2 aromatic rings.